The standard InChI is InChI=1S/C56H34N2O/c1-2-13-42-33-53-51(32-41(42)12-1)50-27-11-26-45(56(50)59-53)43-20-9-18-39(30-43)37-16-7-14-35(28-37)36-15-8-17-38(29-36)40-19-10-21-44(31-40)52-34-57-54-48-24-5-3-22-46(48)47-23-4-6-25-49(47)55(54)58-52/h1-34H. The van der Waals surface area contributed by atoms with Gasteiger partial charge in [0, 0.05) is 32.7 Å². The minimum absolute atomic E-state index is 0.857. The van der Waals surface area contributed by atoms with Gasteiger partial charge < -0.3 is 4.42 Å². The van der Waals surface area contributed by atoms with Crippen molar-refractivity contribution in [2.75, 3.05) is 0 Å². The molecular formula is C56H34N2O. The normalized spacial score (nSPS) is 11.7. The molecule has 0 radical (unpaired) electrons. The van der Waals surface area contributed by atoms with Gasteiger partial charge in [0.25, 0.3) is 0 Å². The molecule has 2 heterocycles. The molecule has 2 aromatic heterocycles. The molecule has 0 aliphatic heterocycles. The number of benzene rings is 10. The van der Waals surface area contributed by atoms with E-state index >= 15 is 0 Å². The van der Waals surface area contributed by atoms with Gasteiger partial charge in [-0.15, -0.1) is 0 Å². The van der Waals surface area contributed by atoms with Crippen LogP contribution in [0.15, 0.2) is 211 Å². The number of furan rings is 1. The molecule has 0 N–H and O–H groups in total. The molecule has 0 saturated heterocycles. The van der Waals surface area contributed by atoms with Gasteiger partial charge in [-0.25, -0.2) is 4.98 Å². The van der Waals surface area contributed by atoms with Crippen LogP contribution in [-0.2, 0) is 0 Å². The van der Waals surface area contributed by atoms with Crippen LogP contribution in [0.1, 0.15) is 0 Å². The average molecular weight is 751 g/mol. The van der Waals surface area contributed by atoms with Crippen LogP contribution >= 0.6 is 0 Å². The summed E-state index contributed by atoms with van der Waals surface area (Å²) >= 11 is 0. The maximum Gasteiger partial charge on any atom is 0.143 e. The van der Waals surface area contributed by atoms with E-state index in [1.54, 1.807) is 0 Å². The molecule has 10 aromatic carbocycles. The Morgan fingerprint density at radius 1 is 0.322 bits per heavy atom. The molecule has 0 amide bonds. The van der Waals surface area contributed by atoms with E-state index in [1.165, 1.54) is 21.5 Å². The van der Waals surface area contributed by atoms with E-state index in [0.717, 1.165) is 99.5 Å². The largest absolute Gasteiger partial charge is 0.455 e. The maximum absolute atomic E-state index is 6.59. The fourth-order valence-corrected chi connectivity index (χ4v) is 8.95. The predicted octanol–water partition coefficient (Wildman–Crippen LogP) is 15.3. The van der Waals surface area contributed by atoms with Gasteiger partial charge in [0.2, 0.25) is 0 Å². The summed E-state index contributed by atoms with van der Waals surface area (Å²) in [6.45, 7) is 0. The van der Waals surface area contributed by atoms with Crippen LogP contribution in [0.25, 0.3) is 121 Å². The molecule has 0 saturated carbocycles. The summed E-state index contributed by atoms with van der Waals surface area (Å²) in [6.07, 6.45) is 1.92. The van der Waals surface area contributed by atoms with Crippen LogP contribution in [0.3, 0.4) is 0 Å². The topological polar surface area (TPSA) is 38.9 Å². The highest BCUT2D eigenvalue weighted by molar-refractivity contribution is 6.23. The summed E-state index contributed by atoms with van der Waals surface area (Å²) < 4.78 is 6.59. The average Bonchev–Trinajstić information content (AvgIpc) is 3.68. The van der Waals surface area contributed by atoms with Gasteiger partial charge in [-0.3, -0.25) is 4.98 Å². The highest BCUT2D eigenvalue weighted by atomic mass is 16.3. The second kappa shape index (κ2) is 13.4. The molecular weight excluding hydrogens is 717 g/mol. The Hall–Kier alpha value is -7.88. The van der Waals surface area contributed by atoms with Gasteiger partial charge in [-0.1, -0.05) is 164 Å². The van der Waals surface area contributed by atoms with Gasteiger partial charge in [-0.05, 0) is 96.9 Å². The van der Waals surface area contributed by atoms with Crippen LogP contribution in [0, 0.1) is 0 Å². The Morgan fingerprint density at radius 2 is 0.780 bits per heavy atom. The Labute approximate surface area is 340 Å². The first-order valence-corrected chi connectivity index (χ1v) is 20.0. The third-order valence-corrected chi connectivity index (χ3v) is 11.8. The number of aromatic nitrogens is 2. The van der Waals surface area contributed by atoms with Gasteiger partial charge >= 0.3 is 0 Å². The van der Waals surface area contributed by atoms with Crippen LogP contribution in [-0.4, -0.2) is 9.97 Å². The molecule has 274 valence electrons. The van der Waals surface area contributed by atoms with E-state index < -0.39 is 0 Å². The molecule has 0 unspecified atom stereocenters. The van der Waals surface area contributed by atoms with Gasteiger partial charge in [0.15, 0.2) is 0 Å². The minimum Gasteiger partial charge on any atom is -0.455 e. The number of para-hydroxylation sites is 1. The summed E-state index contributed by atoms with van der Waals surface area (Å²) in [7, 11) is 0. The van der Waals surface area contributed by atoms with E-state index in [-0.39, 0.29) is 0 Å². The second-order valence-corrected chi connectivity index (χ2v) is 15.3. The first-order valence-electron chi connectivity index (χ1n) is 20.0. The molecule has 0 aliphatic carbocycles. The molecule has 0 spiro atoms. The zero-order valence-electron chi connectivity index (χ0n) is 31.9. The lowest BCUT2D eigenvalue weighted by Gasteiger charge is -2.12. The van der Waals surface area contributed by atoms with Crippen molar-refractivity contribution < 1.29 is 4.42 Å². The number of fused-ring (bicyclic) bond motifs is 10. The maximum atomic E-state index is 6.59. The second-order valence-electron chi connectivity index (χ2n) is 15.3. The van der Waals surface area contributed by atoms with Crippen LogP contribution in [0.4, 0.5) is 0 Å². The van der Waals surface area contributed by atoms with E-state index in [4.69, 9.17) is 14.4 Å². The van der Waals surface area contributed by atoms with Crippen molar-refractivity contribution in [3.05, 3.63) is 206 Å². The smallest absolute Gasteiger partial charge is 0.143 e. The lowest BCUT2D eigenvalue weighted by Crippen LogP contribution is -1.92. The van der Waals surface area contributed by atoms with Gasteiger partial charge in [-0.2, -0.15) is 0 Å². The van der Waals surface area contributed by atoms with Gasteiger partial charge in [0.05, 0.1) is 22.9 Å². The van der Waals surface area contributed by atoms with Crippen molar-refractivity contribution in [2.24, 2.45) is 0 Å². The Kier molecular flexibility index (Phi) is 7.54. The van der Waals surface area contributed by atoms with E-state index in [9.17, 15) is 0 Å². The van der Waals surface area contributed by atoms with Crippen LogP contribution in [0.5, 0.6) is 0 Å². The molecule has 12 aromatic rings. The Morgan fingerprint density at radius 3 is 1.41 bits per heavy atom. The van der Waals surface area contributed by atoms with Crippen LogP contribution < -0.4 is 0 Å². The molecule has 0 aliphatic rings. The predicted molar refractivity (Wildman–Crippen MR) is 247 cm³/mol. The first kappa shape index (κ1) is 33.3. The zero-order chi connectivity index (χ0) is 38.9. The SMILES string of the molecule is c1cc(-c2cccc(-c3cccc(-c4cccc5c4oc4cc6ccccc6cc45)c3)c2)cc(-c2cccc(-c3cnc4c5ccccc5c5ccccc5c4n3)c2)c1. The van der Waals surface area contributed by atoms with E-state index in [1.807, 2.05) is 6.20 Å². The quantitative estimate of drug-likeness (QED) is 0.164. The highest BCUT2D eigenvalue weighted by Crippen LogP contribution is 2.40. The number of nitrogens with zero attached hydrogens (tertiary/aromatic N) is 2. The molecule has 12 rings (SSSR count). The Balaban J connectivity index is 0.881. The van der Waals surface area contributed by atoms with Gasteiger partial charge in [0.1, 0.15) is 11.2 Å². The van der Waals surface area contributed by atoms with E-state index in [0.29, 0.717) is 0 Å². The number of rotatable bonds is 5. The molecule has 0 bridgehead atoms. The molecule has 59 heavy (non-hydrogen) atoms. The summed E-state index contributed by atoms with van der Waals surface area (Å²) in [5.41, 5.74) is 14.7. The third-order valence-electron chi connectivity index (χ3n) is 11.8. The lowest BCUT2D eigenvalue weighted by atomic mass is 9.94. The minimum atomic E-state index is 0.857. The van der Waals surface area contributed by atoms with Crippen LogP contribution in [0.2, 0.25) is 0 Å². The summed E-state index contributed by atoms with van der Waals surface area (Å²) in [4.78, 5) is 10.3. The van der Waals surface area contributed by atoms with Crippen molar-refractivity contribution >= 4 is 65.3 Å². The Bertz CT molecular complexity index is 3600. The fraction of sp³-hybridized carbons (Fsp3) is 0. The summed E-state index contributed by atoms with van der Waals surface area (Å²) in [6, 6.07) is 71.4. The summed E-state index contributed by atoms with van der Waals surface area (Å²) in [5.74, 6) is 0. The molecule has 3 heteroatoms. The van der Waals surface area contributed by atoms with Crippen molar-refractivity contribution in [1.82, 2.24) is 9.97 Å². The third kappa shape index (κ3) is 5.59. The van der Waals surface area contributed by atoms with Crippen molar-refractivity contribution in [3.63, 3.8) is 0 Å². The number of hydrogen-bond donors (Lipinski definition) is 0. The molecule has 0 atom stereocenters. The zero-order valence-corrected chi connectivity index (χ0v) is 31.9. The lowest BCUT2D eigenvalue weighted by molar-refractivity contribution is 0.670. The van der Waals surface area contributed by atoms with Crippen molar-refractivity contribution in [2.45, 2.75) is 0 Å². The van der Waals surface area contributed by atoms with E-state index in [2.05, 4.69) is 200 Å². The highest BCUT2D eigenvalue weighted by Gasteiger charge is 2.15. The molecule has 0 fully saturated rings. The van der Waals surface area contributed by atoms with Crippen molar-refractivity contribution in [1.29, 1.82) is 0 Å². The first-order chi connectivity index (χ1) is 29.2. The number of hydrogen-bond acceptors (Lipinski definition) is 3. The monoisotopic (exact) mass is 750 g/mol. The summed E-state index contributed by atoms with van der Waals surface area (Å²) in [5, 5.41) is 9.30. The van der Waals surface area contributed by atoms with Crippen molar-refractivity contribution in [3.8, 4) is 55.8 Å². The molecule has 3 nitrogen and oxygen atoms in total. The fourth-order valence-electron chi connectivity index (χ4n) is 8.95.